The molecule has 1 amide bonds. The normalized spacial score (nSPS) is 20.0. The maximum atomic E-state index is 14.2. The molecule has 1 aromatic carbocycles. The van der Waals surface area contributed by atoms with Gasteiger partial charge in [0.2, 0.25) is 0 Å². The predicted molar refractivity (Wildman–Crippen MR) is 98.8 cm³/mol. The third-order valence-corrected chi connectivity index (χ3v) is 6.36. The molecule has 1 aromatic heterocycles. The molecule has 2 aromatic rings. The number of fused-ring (bicyclic) bond motifs is 3. The minimum Gasteiger partial charge on any atom is -0.352 e. The second-order valence-electron chi connectivity index (χ2n) is 6.71. The summed E-state index contributed by atoms with van der Waals surface area (Å²) < 4.78 is 14.2. The Bertz CT molecular complexity index is 831. The molecule has 2 N–H and O–H groups in total. The summed E-state index contributed by atoms with van der Waals surface area (Å²) in [5.41, 5.74) is 2.12. The predicted octanol–water partition coefficient (Wildman–Crippen LogP) is 4.16. The van der Waals surface area contributed by atoms with Crippen molar-refractivity contribution < 1.29 is 9.18 Å². The van der Waals surface area contributed by atoms with Crippen LogP contribution in [0.1, 0.15) is 46.4 Å². The smallest absolute Gasteiger partial charge is 0.256 e. The van der Waals surface area contributed by atoms with Crippen molar-refractivity contribution in [1.29, 1.82) is 0 Å². The van der Waals surface area contributed by atoms with Gasteiger partial charge >= 0.3 is 0 Å². The third-order valence-electron chi connectivity index (χ3n) is 4.88. The molecule has 1 atom stereocenters. The summed E-state index contributed by atoms with van der Waals surface area (Å²) in [4.78, 5) is 16.3. The molecule has 0 fully saturated rings. The van der Waals surface area contributed by atoms with Gasteiger partial charge in [0.1, 0.15) is 17.0 Å². The van der Waals surface area contributed by atoms with Crippen LogP contribution in [0.5, 0.6) is 0 Å². The maximum absolute atomic E-state index is 14.2. The Morgan fingerprint density at radius 2 is 2.16 bits per heavy atom. The summed E-state index contributed by atoms with van der Waals surface area (Å²) in [7, 11) is 0. The second-order valence-corrected chi connectivity index (χ2v) is 8.22. The number of rotatable bonds is 2. The van der Waals surface area contributed by atoms with Crippen molar-refractivity contribution in [2.75, 3.05) is 11.9 Å². The van der Waals surface area contributed by atoms with E-state index >= 15 is 0 Å². The molecule has 0 saturated heterocycles. The molecule has 132 valence electrons. The standard InChI is InChI=1S/C18H19ClFN3OS/c1-9(2)23-7-6-10-13(8-23)25-18-14(10)17(24)21-16(22-18)15-11(19)4-3-5-12(15)20/h3-5,9,16,22H,6-8H2,1-2H3,(H,21,24)/t16-/m0/s1. The van der Waals surface area contributed by atoms with E-state index in [0.717, 1.165) is 30.1 Å². The molecule has 25 heavy (non-hydrogen) atoms. The van der Waals surface area contributed by atoms with Gasteiger partial charge in [-0.3, -0.25) is 9.69 Å². The minimum atomic E-state index is -0.657. The Morgan fingerprint density at radius 3 is 2.88 bits per heavy atom. The van der Waals surface area contributed by atoms with Crippen molar-refractivity contribution in [2.24, 2.45) is 0 Å². The Labute approximate surface area is 155 Å². The van der Waals surface area contributed by atoms with E-state index in [1.165, 1.54) is 10.9 Å². The number of benzene rings is 1. The van der Waals surface area contributed by atoms with Gasteiger partial charge in [0, 0.05) is 29.6 Å². The molecule has 0 saturated carbocycles. The first kappa shape index (κ1) is 16.8. The lowest BCUT2D eigenvalue weighted by molar-refractivity contribution is 0.0934. The van der Waals surface area contributed by atoms with Gasteiger partial charge < -0.3 is 10.6 Å². The quantitative estimate of drug-likeness (QED) is 0.823. The first-order valence-corrected chi connectivity index (χ1v) is 9.55. The number of carbonyl (C=O) groups is 1. The zero-order chi connectivity index (χ0) is 17.7. The highest BCUT2D eigenvalue weighted by atomic mass is 35.5. The molecule has 0 radical (unpaired) electrons. The SMILES string of the molecule is CC(C)N1CCc2c(sc3c2C(=O)N[C@H](c2c(F)cccc2Cl)N3)C1. The van der Waals surface area contributed by atoms with Crippen LogP contribution in [0.25, 0.3) is 0 Å². The Hall–Kier alpha value is -1.63. The van der Waals surface area contributed by atoms with Crippen LogP contribution in [0, 0.1) is 5.82 Å². The van der Waals surface area contributed by atoms with E-state index in [2.05, 4.69) is 29.4 Å². The zero-order valence-electron chi connectivity index (χ0n) is 14.0. The van der Waals surface area contributed by atoms with E-state index < -0.39 is 12.0 Å². The molecule has 2 aliphatic heterocycles. The molecule has 7 heteroatoms. The van der Waals surface area contributed by atoms with E-state index in [-0.39, 0.29) is 11.5 Å². The fourth-order valence-electron chi connectivity index (χ4n) is 3.51. The van der Waals surface area contributed by atoms with Crippen molar-refractivity contribution >= 4 is 33.8 Å². The first-order chi connectivity index (χ1) is 12.0. The van der Waals surface area contributed by atoms with Crippen LogP contribution in [0.15, 0.2) is 18.2 Å². The minimum absolute atomic E-state index is 0.159. The first-order valence-electron chi connectivity index (χ1n) is 8.35. The van der Waals surface area contributed by atoms with Crippen LogP contribution in [-0.2, 0) is 13.0 Å². The van der Waals surface area contributed by atoms with Gasteiger partial charge in [-0.05, 0) is 38.0 Å². The van der Waals surface area contributed by atoms with Gasteiger partial charge in [-0.25, -0.2) is 4.39 Å². The summed E-state index contributed by atoms with van der Waals surface area (Å²) in [5, 5.41) is 7.24. The molecule has 0 unspecified atom stereocenters. The average Bonchev–Trinajstić information content (AvgIpc) is 2.92. The van der Waals surface area contributed by atoms with Gasteiger partial charge in [0.25, 0.3) is 5.91 Å². The van der Waals surface area contributed by atoms with Gasteiger partial charge in [-0.2, -0.15) is 0 Å². The monoisotopic (exact) mass is 379 g/mol. The largest absolute Gasteiger partial charge is 0.352 e. The van der Waals surface area contributed by atoms with Crippen LogP contribution < -0.4 is 10.6 Å². The van der Waals surface area contributed by atoms with Crippen LogP contribution in [0.4, 0.5) is 9.39 Å². The molecule has 3 heterocycles. The topological polar surface area (TPSA) is 44.4 Å². The number of amides is 1. The fraction of sp³-hybridized carbons (Fsp3) is 0.389. The van der Waals surface area contributed by atoms with Crippen molar-refractivity contribution in [3.63, 3.8) is 0 Å². The Kier molecular flexibility index (Phi) is 4.22. The molecular formula is C18H19ClFN3OS. The van der Waals surface area contributed by atoms with Gasteiger partial charge in [-0.15, -0.1) is 11.3 Å². The summed E-state index contributed by atoms with van der Waals surface area (Å²) >= 11 is 7.75. The number of anilines is 1. The number of hydrogen-bond acceptors (Lipinski definition) is 4. The van der Waals surface area contributed by atoms with Crippen molar-refractivity contribution in [3.05, 3.63) is 50.6 Å². The number of nitrogens with one attached hydrogen (secondary N) is 2. The highest BCUT2D eigenvalue weighted by Gasteiger charge is 2.35. The summed E-state index contributed by atoms with van der Waals surface area (Å²) in [6.45, 7) is 6.16. The zero-order valence-corrected chi connectivity index (χ0v) is 15.6. The van der Waals surface area contributed by atoms with Crippen molar-refractivity contribution in [1.82, 2.24) is 10.2 Å². The van der Waals surface area contributed by atoms with Crippen molar-refractivity contribution in [2.45, 2.75) is 39.0 Å². The van der Waals surface area contributed by atoms with Crippen LogP contribution >= 0.6 is 22.9 Å². The highest BCUT2D eigenvalue weighted by molar-refractivity contribution is 7.16. The molecule has 0 aliphatic carbocycles. The van der Waals surface area contributed by atoms with Crippen LogP contribution in [-0.4, -0.2) is 23.4 Å². The summed E-state index contributed by atoms with van der Waals surface area (Å²) in [6, 6.07) is 5.01. The lowest BCUT2D eigenvalue weighted by Crippen LogP contribution is -2.40. The van der Waals surface area contributed by atoms with E-state index in [9.17, 15) is 9.18 Å². The lowest BCUT2D eigenvalue weighted by Gasteiger charge is -2.31. The second kappa shape index (κ2) is 6.27. The number of hydrogen-bond donors (Lipinski definition) is 2. The van der Waals surface area contributed by atoms with E-state index in [0.29, 0.717) is 16.6 Å². The van der Waals surface area contributed by atoms with Gasteiger partial charge in [-0.1, -0.05) is 17.7 Å². The number of thiophene rings is 1. The molecule has 0 spiro atoms. The van der Waals surface area contributed by atoms with E-state index in [1.54, 1.807) is 23.5 Å². The molecule has 0 bridgehead atoms. The molecule has 4 rings (SSSR count). The fourth-order valence-corrected chi connectivity index (χ4v) is 5.08. The average molecular weight is 380 g/mol. The Balaban J connectivity index is 1.70. The van der Waals surface area contributed by atoms with Crippen LogP contribution in [0.2, 0.25) is 5.02 Å². The van der Waals surface area contributed by atoms with Crippen LogP contribution in [0.3, 0.4) is 0 Å². The number of nitrogens with zero attached hydrogens (tertiary/aromatic N) is 1. The van der Waals surface area contributed by atoms with E-state index in [4.69, 9.17) is 11.6 Å². The number of halogens is 2. The van der Waals surface area contributed by atoms with Gasteiger partial charge in [0.15, 0.2) is 0 Å². The van der Waals surface area contributed by atoms with Gasteiger partial charge in [0.05, 0.1) is 10.6 Å². The third kappa shape index (κ3) is 2.82. The summed E-state index contributed by atoms with van der Waals surface area (Å²) in [5.74, 6) is -0.588. The molecule has 4 nitrogen and oxygen atoms in total. The molecular weight excluding hydrogens is 361 g/mol. The van der Waals surface area contributed by atoms with E-state index in [1.807, 2.05) is 0 Å². The Morgan fingerprint density at radius 1 is 1.36 bits per heavy atom. The lowest BCUT2D eigenvalue weighted by atomic mass is 9.99. The summed E-state index contributed by atoms with van der Waals surface area (Å²) in [6.07, 6.45) is 0.203. The number of carbonyl (C=O) groups excluding carboxylic acids is 1. The molecule has 2 aliphatic rings. The highest BCUT2D eigenvalue weighted by Crippen LogP contribution is 2.42. The van der Waals surface area contributed by atoms with Crippen molar-refractivity contribution in [3.8, 4) is 0 Å². The maximum Gasteiger partial charge on any atom is 0.256 e.